The number of aromatic amines is 1. The quantitative estimate of drug-likeness (QED) is 0.138. The van der Waals surface area contributed by atoms with Crippen molar-refractivity contribution in [2.45, 2.75) is 0 Å². The largest absolute Gasteiger partial charge is 0.354 e. The molecule has 0 fully saturated rings. The van der Waals surface area contributed by atoms with Crippen LogP contribution in [0.3, 0.4) is 0 Å². The van der Waals surface area contributed by atoms with Crippen LogP contribution in [0, 0.1) is 0 Å². The number of H-pyrrole nitrogens is 1. The van der Waals surface area contributed by atoms with Crippen molar-refractivity contribution < 1.29 is 0 Å². The Hall–Kier alpha value is -7.50. The van der Waals surface area contributed by atoms with Crippen molar-refractivity contribution in [2.24, 2.45) is 0 Å². The van der Waals surface area contributed by atoms with Gasteiger partial charge in [0, 0.05) is 66.7 Å². The minimum atomic E-state index is 0.876. The van der Waals surface area contributed by atoms with Crippen molar-refractivity contribution in [3.05, 3.63) is 194 Å². The van der Waals surface area contributed by atoms with Gasteiger partial charge in [-0.15, -0.1) is 0 Å². The Morgan fingerprint density at radius 1 is 0.309 bits per heavy atom. The molecule has 5 heteroatoms. The number of fused-ring (bicyclic) bond motifs is 11. The van der Waals surface area contributed by atoms with E-state index in [1.807, 2.05) is 0 Å². The molecule has 0 bridgehead atoms. The summed E-state index contributed by atoms with van der Waals surface area (Å²) in [5.41, 5.74) is 12.2. The van der Waals surface area contributed by atoms with Crippen LogP contribution in [0.1, 0.15) is 0 Å². The Balaban J connectivity index is 1.24. The fourth-order valence-electron chi connectivity index (χ4n) is 8.23. The van der Waals surface area contributed by atoms with Crippen molar-refractivity contribution in [1.29, 1.82) is 0 Å². The van der Waals surface area contributed by atoms with E-state index in [1.54, 1.807) is 0 Å². The maximum atomic E-state index is 5.54. The predicted molar refractivity (Wildman–Crippen MR) is 231 cm³/mol. The molecule has 0 aliphatic heterocycles. The van der Waals surface area contributed by atoms with Gasteiger partial charge in [-0.1, -0.05) is 103 Å². The van der Waals surface area contributed by atoms with E-state index in [0.717, 1.165) is 99.5 Å². The van der Waals surface area contributed by atoms with Crippen molar-refractivity contribution >= 4 is 99.5 Å². The lowest BCUT2D eigenvalue weighted by atomic mass is 9.97. The van der Waals surface area contributed by atoms with Crippen LogP contribution >= 0.6 is 0 Å². The Labute approximate surface area is 317 Å². The van der Waals surface area contributed by atoms with Crippen LogP contribution in [0.2, 0.25) is 0 Å². The average molecular weight is 704 g/mol. The molecule has 2 aromatic heterocycles. The van der Waals surface area contributed by atoms with Gasteiger partial charge in [-0.25, -0.2) is 9.97 Å². The summed E-state index contributed by atoms with van der Waals surface area (Å²) in [5, 5.41) is 6.59. The summed E-state index contributed by atoms with van der Waals surface area (Å²) >= 11 is 0. The second-order valence-electron chi connectivity index (χ2n) is 13.9. The molecule has 258 valence electrons. The van der Waals surface area contributed by atoms with E-state index in [2.05, 4.69) is 209 Å². The van der Waals surface area contributed by atoms with E-state index in [9.17, 15) is 0 Å². The highest BCUT2D eigenvalue weighted by Gasteiger charge is 2.20. The number of aromatic nitrogens is 3. The summed E-state index contributed by atoms with van der Waals surface area (Å²) in [5.74, 6) is 0. The predicted octanol–water partition coefficient (Wildman–Crippen LogP) is 13.7. The van der Waals surface area contributed by atoms with Crippen LogP contribution in [0.15, 0.2) is 194 Å². The van der Waals surface area contributed by atoms with Crippen LogP contribution in [0.5, 0.6) is 0 Å². The average Bonchev–Trinajstić information content (AvgIpc) is 3.64. The van der Waals surface area contributed by atoms with E-state index in [1.165, 1.54) is 0 Å². The normalized spacial score (nSPS) is 11.6. The molecule has 0 aliphatic rings. The van der Waals surface area contributed by atoms with Crippen molar-refractivity contribution in [3.63, 3.8) is 0 Å². The smallest absolute Gasteiger partial charge is 0.0994 e. The minimum Gasteiger partial charge on any atom is -0.354 e. The lowest BCUT2D eigenvalue weighted by molar-refractivity contribution is 1.29. The van der Waals surface area contributed by atoms with E-state index in [4.69, 9.17) is 9.97 Å². The molecular formula is C50H33N5. The zero-order valence-corrected chi connectivity index (χ0v) is 29.8. The van der Waals surface area contributed by atoms with Gasteiger partial charge in [0.15, 0.2) is 0 Å². The molecule has 0 radical (unpaired) electrons. The molecule has 0 aliphatic carbocycles. The fourth-order valence-corrected chi connectivity index (χ4v) is 8.23. The summed E-state index contributed by atoms with van der Waals surface area (Å²) in [6.45, 7) is 0. The lowest BCUT2D eigenvalue weighted by Crippen LogP contribution is -2.10. The Bertz CT molecular complexity index is 3120. The van der Waals surface area contributed by atoms with Gasteiger partial charge in [-0.2, -0.15) is 0 Å². The first-order chi connectivity index (χ1) is 27.3. The number of benzene rings is 9. The molecule has 5 nitrogen and oxygen atoms in total. The van der Waals surface area contributed by atoms with Gasteiger partial charge in [0.25, 0.3) is 0 Å². The van der Waals surface area contributed by atoms with E-state index < -0.39 is 0 Å². The van der Waals surface area contributed by atoms with Gasteiger partial charge >= 0.3 is 0 Å². The summed E-state index contributed by atoms with van der Waals surface area (Å²) in [6.07, 6.45) is 0. The lowest BCUT2D eigenvalue weighted by Gasteiger charge is -2.27. The van der Waals surface area contributed by atoms with E-state index in [-0.39, 0.29) is 0 Å². The van der Waals surface area contributed by atoms with Crippen LogP contribution in [0.25, 0.3) is 65.4 Å². The second kappa shape index (κ2) is 12.6. The maximum absolute atomic E-state index is 5.54. The number of nitrogens with one attached hydrogen (secondary N) is 1. The van der Waals surface area contributed by atoms with Crippen molar-refractivity contribution in [2.75, 3.05) is 9.80 Å². The van der Waals surface area contributed by atoms with E-state index in [0.29, 0.717) is 0 Å². The SMILES string of the molecule is c1ccc(N(c2ccccc2)c2ccc3c(c2)c2cc(N(c4ccccc4)c4ccccc4)ccc2c2nc4c(ccc5[nH]c6ccccc6c54)nc32)cc1. The summed E-state index contributed by atoms with van der Waals surface area (Å²) in [6, 6.07) is 68.5. The van der Waals surface area contributed by atoms with Crippen molar-refractivity contribution in [1.82, 2.24) is 15.0 Å². The Kier molecular flexibility index (Phi) is 7.10. The standard InChI is InChI=1S/C50H33N5/c1-5-15-33(16-6-1)54(34-17-7-2-8-18-34)37-25-27-39-42(31-37)43-32-38(55(35-19-9-3-10-20-35)36-21-11-4-12-22-36)26-28-40(43)49-48(39)52-46-30-29-45-47(50(46)53-49)41-23-13-14-24-44(41)51-45/h1-32,51H. The van der Waals surface area contributed by atoms with Crippen LogP contribution < -0.4 is 9.80 Å². The van der Waals surface area contributed by atoms with Crippen LogP contribution in [0.4, 0.5) is 34.1 Å². The van der Waals surface area contributed by atoms with Gasteiger partial charge < -0.3 is 14.8 Å². The number of para-hydroxylation sites is 5. The third kappa shape index (κ3) is 5.09. The van der Waals surface area contributed by atoms with Gasteiger partial charge in [-0.3, -0.25) is 0 Å². The molecule has 0 saturated carbocycles. The van der Waals surface area contributed by atoms with Gasteiger partial charge in [-0.05, 0) is 102 Å². The Morgan fingerprint density at radius 3 is 1.27 bits per heavy atom. The zero-order valence-electron chi connectivity index (χ0n) is 29.8. The topological polar surface area (TPSA) is 48.0 Å². The number of nitrogens with zero attached hydrogens (tertiary/aromatic N) is 4. The monoisotopic (exact) mass is 703 g/mol. The number of hydrogen-bond acceptors (Lipinski definition) is 4. The Morgan fingerprint density at radius 2 is 0.764 bits per heavy atom. The highest BCUT2D eigenvalue weighted by molar-refractivity contribution is 6.27. The van der Waals surface area contributed by atoms with Crippen LogP contribution in [-0.2, 0) is 0 Å². The van der Waals surface area contributed by atoms with Crippen LogP contribution in [-0.4, -0.2) is 15.0 Å². The first-order valence-corrected chi connectivity index (χ1v) is 18.6. The van der Waals surface area contributed by atoms with Gasteiger partial charge in [0.05, 0.1) is 22.1 Å². The first-order valence-electron chi connectivity index (χ1n) is 18.6. The highest BCUT2D eigenvalue weighted by Crippen LogP contribution is 2.44. The molecule has 9 aromatic carbocycles. The number of anilines is 6. The fraction of sp³-hybridized carbons (Fsp3) is 0. The molecular weight excluding hydrogens is 671 g/mol. The molecule has 0 spiro atoms. The molecule has 0 atom stereocenters. The maximum Gasteiger partial charge on any atom is 0.0994 e. The third-order valence-electron chi connectivity index (χ3n) is 10.7. The molecule has 2 heterocycles. The molecule has 11 rings (SSSR count). The third-order valence-corrected chi connectivity index (χ3v) is 10.7. The van der Waals surface area contributed by atoms with E-state index >= 15 is 0 Å². The molecule has 0 saturated heterocycles. The molecule has 1 N–H and O–H groups in total. The summed E-state index contributed by atoms with van der Waals surface area (Å²) in [7, 11) is 0. The first kappa shape index (κ1) is 31.1. The summed E-state index contributed by atoms with van der Waals surface area (Å²) in [4.78, 5) is 19.2. The molecule has 0 unspecified atom stereocenters. The minimum absolute atomic E-state index is 0.876. The molecule has 11 aromatic rings. The number of rotatable bonds is 6. The van der Waals surface area contributed by atoms with Gasteiger partial charge in [0.1, 0.15) is 0 Å². The highest BCUT2D eigenvalue weighted by atomic mass is 15.1. The summed E-state index contributed by atoms with van der Waals surface area (Å²) < 4.78 is 0. The molecule has 0 amide bonds. The van der Waals surface area contributed by atoms with Crippen molar-refractivity contribution in [3.8, 4) is 0 Å². The van der Waals surface area contributed by atoms with Gasteiger partial charge in [0.2, 0.25) is 0 Å². The number of hydrogen-bond donors (Lipinski definition) is 1. The molecule has 55 heavy (non-hydrogen) atoms. The zero-order chi connectivity index (χ0) is 36.3. The second-order valence-corrected chi connectivity index (χ2v) is 13.9.